The van der Waals surface area contributed by atoms with Crippen LogP contribution in [-0.2, 0) is 6.54 Å². The number of guanidine groups is 1. The second kappa shape index (κ2) is 8.86. The van der Waals surface area contributed by atoms with Crippen molar-refractivity contribution in [2.45, 2.75) is 20.4 Å². The number of aromatic amines is 1. The normalized spacial score (nSPS) is 11.2. The van der Waals surface area contributed by atoms with Crippen molar-refractivity contribution in [1.82, 2.24) is 14.8 Å². The minimum Gasteiger partial charge on any atom is -0.447 e. The van der Waals surface area contributed by atoms with E-state index in [1.807, 2.05) is 6.07 Å². The maximum absolute atomic E-state index is 12.4. The van der Waals surface area contributed by atoms with Gasteiger partial charge in [0.1, 0.15) is 11.4 Å². The molecular formula is C20H24ClN5O2S. The highest BCUT2D eigenvalue weighted by Gasteiger charge is 2.18. The SMILES string of the molecule is CCN(CC)Cc1ccc(Oc2cc(Cl)c3cc(C(=O)N(C)C(=N)N)[nH]c3c2)s1. The molecule has 0 saturated heterocycles. The van der Waals surface area contributed by atoms with Crippen LogP contribution in [0.1, 0.15) is 29.2 Å². The fraction of sp³-hybridized carbons (Fsp3) is 0.300. The minimum atomic E-state index is -0.411. The average molecular weight is 434 g/mol. The molecule has 0 spiro atoms. The summed E-state index contributed by atoms with van der Waals surface area (Å²) in [6.07, 6.45) is 0. The van der Waals surface area contributed by atoms with E-state index in [1.54, 1.807) is 29.5 Å². The molecular weight excluding hydrogens is 410 g/mol. The van der Waals surface area contributed by atoms with E-state index in [1.165, 1.54) is 11.9 Å². The molecule has 1 amide bonds. The van der Waals surface area contributed by atoms with Crippen LogP contribution in [0.25, 0.3) is 10.9 Å². The van der Waals surface area contributed by atoms with Crippen LogP contribution in [0.4, 0.5) is 0 Å². The number of halogens is 1. The molecule has 0 fully saturated rings. The fourth-order valence-electron chi connectivity index (χ4n) is 2.91. The monoisotopic (exact) mass is 433 g/mol. The van der Waals surface area contributed by atoms with E-state index in [0.29, 0.717) is 27.4 Å². The topological polar surface area (TPSA) is 98.4 Å². The molecule has 0 aliphatic carbocycles. The van der Waals surface area contributed by atoms with Gasteiger partial charge in [-0.2, -0.15) is 0 Å². The molecule has 0 bridgehead atoms. The van der Waals surface area contributed by atoms with Gasteiger partial charge in [0.15, 0.2) is 11.0 Å². The number of fused-ring (bicyclic) bond motifs is 1. The van der Waals surface area contributed by atoms with Crippen molar-refractivity contribution in [2.24, 2.45) is 5.73 Å². The van der Waals surface area contributed by atoms with E-state index in [0.717, 1.165) is 29.6 Å². The Kier molecular flexibility index (Phi) is 6.46. The lowest BCUT2D eigenvalue weighted by Crippen LogP contribution is -2.38. The molecule has 0 saturated carbocycles. The van der Waals surface area contributed by atoms with Gasteiger partial charge >= 0.3 is 0 Å². The van der Waals surface area contributed by atoms with Gasteiger partial charge in [-0.15, -0.1) is 11.3 Å². The van der Waals surface area contributed by atoms with Crippen LogP contribution in [0.2, 0.25) is 5.02 Å². The van der Waals surface area contributed by atoms with Crippen LogP contribution < -0.4 is 10.5 Å². The molecule has 2 heterocycles. The van der Waals surface area contributed by atoms with Crippen LogP contribution in [-0.4, -0.2) is 46.8 Å². The zero-order valence-electron chi connectivity index (χ0n) is 16.6. The molecule has 0 aliphatic rings. The molecule has 1 aromatic carbocycles. The molecule has 0 unspecified atom stereocenters. The molecule has 0 radical (unpaired) electrons. The van der Waals surface area contributed by atoms with E-state index in [4.69, 9.17) is 27.5 Å². The summed E-state index contributed by atoms with van der Waals surface area (Å²) in [6, 6.07) is 9.20. The largest absolute Gasteiger partial charge is 0.447 e. The van der Waals surface area contributed by atoms with Crippen LogP contribution in [0.5, 0.6) is 10.8 Å². The predicted molar refractivity (Wildman–Crippen MR) is 118 cm³/mol. The van der Waals surface area contributed by atoms with E-state index in [9.17, 15) is 4.79 Å². The number of nitrogens with one attached hydrogen (secondary N) is 2. The average Bonchev–Trinajstić information content (AvgIpc) is 3.31. The summed E-state index contributed by atoms with van der Waals surface area (Å²) >= 11 is 8.00. The molecule has 0 aliphatic heterocycles. The van der Waals surface area contributed by atoms with Crippen molar-refractivity contribution in [2.75, 3.05) is 20.1 Å². The lowest BCUT2D eigenvalue weighted by Gasteiger charge is -2.16. The van der Waals surface area contributed by atoms with E-state index in [2.05, 4.69) is 29.8 Å². The number of carbonyl (C=O) groups excluding carboxylic acids is 1. The maximum Gasteiger partial charge on any atom is 0.276 e. The van der Waals surface area contributed by atoms with Crippen molar-refractivity contribution >= 4 is 45.7 Å². The fourth-order valence-corrected chi connectivity index (χ4v) is 4.09. The third-order valence-electron chi connectivity index (χ3n) is 4.69. The van der Waals surface area contributed by atoms with Gasteiger partial charge in [0.25, 0.3) is 5.91 Å². The highest BCUT2D eigenvalue weighted by molar-refractivity contribution is 7.13. The van der Waals surface area contributed by atoms with Crippen molar-refractivity contribution in [3.8, 4) is 10.8 Å². The summed E-state index contributed by atoms with van der Waals surface area (Å²) in [5.41, 5.74) is 6.36. The lowest BCUT2D eigenvalue weighted by atomic mass is 10.2. The summed E-state index contributed by atoms with van der Waals surface area (Å²) < 4.78 is 6.00. The van der Waals surface area contributed by atoms with Gasteiger partial charge in [-0.05, 0) is 31.3 Å². The highest BCUT2D eigenvalue weighted by Crippen LogP contribution is 2.35. The van der Waals surface area contributed by atoms with Crippen molar-refractivity contribution in [3.63, 3.8) is 0 Å². The van der Waals surface area contributed by atoms with Crippen LogP contribution in [0.15, 0.2) is 30.3 Å². The Morgan fingerprint density at radius 1 is 1.28 bits per heavy atom. The second-order valence-corrected chi connectivity index (χ2v) is 8.12. The third-order valence-corrected chi connectivity index (χ3v) is 5.95. The summed E-state index contributed by atoms with van der Waals surface area (Å²) in [6.45, 7) is 7.20. The Bertz CT molecular complexity index is 1040. The van der Waals surface area contributed by atoms with Crippen LogP contribution in [0, 0.1) is 5.41 Å². The van der Waals surface area contributed by atoms with Gasteiger partial charge in [-0.25, -0.2) is 0 Å². The number of benzene rings is 1. The Balaban J connectivity index is 1.82. The number of thiophene rings is 1. The smallest absolute Gasteiger partial charge is 0.276 e. The van der Waals surface area contributed by atoms with Gasteiger partial charge in [-0.1, -0.05) is 25.4 Å². The Hall–Kier alpha value is -2.55. The number of nitrogens with zero attached hydrogens (tertiary/aromatic N) is 2. The summed E-state index contributed by atoms with van der Waals surface area (Å²) in [5.74, 6) is -0.159. The van der Waals surface area contributed by atoms with Crippen molar-refractivity contribution < 1.29 is 9.53 Å². The zero-order chi connectivity index (χ0) is 21.1. The Morgan fingerprint density at radius 2 is 2.00 bits per heavy atom. The van der Waals surface area contributed by atoms with Crippen LogP contribution >= 0.6 is 22.9 Å². The molecule has 3 rings (SSSR count). The third kappa shape index (κ3) is 4.72. The van der Waals surface area contributed by atoms with Gasteiger partial charge in [0.05, 0.1) is 10.5 Å². The number of amides is 1. The van der Waals surface area contributed by atoms with Crippen molar-refractivity contribution in [3.05, 3.63) is 45.9 Å². The minimum absolute atomic E-state index is 0.300. The zero-order valence-corrected chi connectivity index (χ0v) is 18.2. The molecule has 2 aromatic heterocycles. The number of carbonyl (C=O) groups is 1. The van der Waals surface area contributed by atoms with Crippen molar-refractivity contribution in [1.29, 1.82) is 5.41 Å². The van der Waals surface area contributed by atoms with Crippen LogP contribution in [0.3, 0.4) is 0 Å². The molecule has 29 heavy (non-hydrogen) atoms. The molecule has 9 heteroatoms. The number of ether oxygens (including phenoxy) is 1. The molecule has 154 valence electrons. The summed E-state index contributed by atoms with van der Waals surface area (Å²) in [4.78, 5) is 20.0. The van der Waals surface area contributed by atoms with Gasteiger partial charge in [0.2, 0.25) is 0 Å². The molecule has 4 N–H and O–H groups in total. The standard InChI is InChI=1S/C20H24ClN5O2S/c1-4-26(5-2)11-13-6-7-18(29-13)28-12-8-15(21)14-10-17(24-16(14)9-12)19(27)25(3)20(22)23/h6-10,24H,4-5,11H2,1-3H3,(H3,22,23). The number of rotatable bonds is 7. The molecule has 3 aromatic rings. The van der Waals surface area contributed by atoms with E-state index >= 15 is 0 Å². The first-order chi connectivity index (χ1) is 13.8. The predicted octanol–water partition coefficient (Wildman–Crippen LogP) is 4.48. The van der Waals surface area contributed by atoms with Gasteiger partial charge in [0, 0.05) is 36.0 Å². The number of hydrogen-bond acceptors (Lipinski definition) is 5. The number of H-pyrrole nitrogens is 1. The quantitative estimate of drug-likeness (QED) is 0.377. The lowest BCUT2D eigenvalue weighted by molar-refractivity contribution is 0.0864. The first-order valence-corrected chi connectivity index (χ1v) is 10.4. The van der Waals surface area contributed by atoms with Gasteiger partial charge in [-0.3, -0.25) is 20.0 Å². The highest BCUT2D eigenvalue weighted by atomic mass is 35.5. The number of hydrogen-bond donors (Lipinski definition) is 3. The van der Waals surface area contributed by atoms with E-state index < -0.39 is 5.91 Å². The summed E-state index contributed by atoms with van der Waals surface area (Å²) in [5, 5.41) is 9.36. The Morgan fingerprint density at radius 3 is 2.66 bits per heavy atom. The number of aromatic nitrogens is 1. The first-order valence-electron chi connectivity index (χ1n) is 9.25. The second-order valence-electron chi connectivity index (χ2n) is 6.58. The molecule has 0 atom stereocenters. The molecule has 7 nitrogen and oxygen atoms in total. The maximum atomic E-state index is 12.4. The Labute approximate surface area is 178 Å². The summed E-state index contributed by atoms with van der Waals surface area (Å²) in [7, 11) is 1.44. The van der Waals surface area contributed by atoms with E-state index in [-0.39, 0.29) is 5.96 Å². The number of nitrogens with two attached hydrogens (primary N) is 1. The first kappa shape index (κ1) is 21.2. The van der Waals surface area contributed by atoms with Gasteiger partial charge < -0.3 is 15.5 Å².